The third kappa shape index (κ3) is 6.39. The molecule has 0 bridgehead atoms. The van der Waals surface area contributed by atoms with Crippen molar-refractivity contribution in [3.63, 3.8) is 0 Å². The molecule has 0 radical (unpaired) electrons. The molecular formula is C57H35N3O. The van der Waals surface area contributed by atoms with Gasteiger partial charge in [0.15, 0.2) is 17.5 Å². The maximum atomic E-state index is 6.31. The second-order valence-corrected chi connectivity index (χ2v) is 15.7. The van der Waals surface area contributed by atoms with E-state index in [1.165, 1.54) is 43.4 Å². The summed E-state index contributed by atoms with van der Waals surface area (Å²) in [7, 11) is 0. The largest absolute Gasteiger partial charge is 0.456 e. The van der Waals surface area contributed by atoms with Crippen LogP contribution in [-0.4, -0.2) is 15.0 Å². The molecule has 0 unspecified atom stereocenters. The van der Waals surface area contributed by atoms with Crippen LogP contribution in [-0.2, 0) is 0 Å². The molecule has 12 aromatic rings. The molecule has 0 aliphatic heterocycles. The van der Waals surface area contributed by atoms with Crippen molar-refractivity contribution in [2.45, 2.75) is 0 Å². The molecule has 284 valence electrons. The molecule has 0 saturated heterocycles. The first-order chi connectivity index (χ1) is 30.1. The first-order valence-electron chi connectivity index (χ1n) is 20.6. The molecule has 4 heteroatoms. The normalized spacial score (nSPS) is 11.6. The second-order valence-electron chi connectivity index (χ2n) is 15.7. The summed E-state index contributed by atoms with van der Waals surface area (Å²) < 4.78 is 6.31. The highest BCUT2D eigenvalue weighted by atomic mass is 16.3. The summed E-state index contributed by atoms with van der Waals surface area (Å²) in [6.45, 7) is 0. The molecule has 0 fully saturated rings. The minimum Gasteiger partial charge on any atom is -0.456 e. The number of rotatable bonds is 6. The Labute approximate surface area is 352 Å². The van der Waals surface area contributed by atoms with Crippen molar-refractivity contribution in [1.29, 1.82) is 0 Å². The molecule has 61 heavy (non-hydrogen) atoms. The Morgan fingerprint density at radius 3 is 1.11 bits per heavy atom. The topological polar surface area (TPSA) is 51.8 Å². The number of para-hydroxylation sites is 1. The van der Waals surface area contributed by atoms with Crippen LogP contribution in [0, 0.1) is 0 Å². The fourth-order valence-electron chi connectivity index (χ4n) is 8.65. The molecule has 0 saturated carbocycles. The fraction of sp³-hybridized carbons (Fsp3) is 0. The zero-order valence-electron chi connectivity index (χ0n) is 33.0. The molecule has 0 amide bonds. The predicted octanol–water partition coefficient (Wildman–Crippen LogP) is 15.2. The van der Waals surface area contributed by atoms with Crippen LogP contribution < -0.4 is 0 Å². The van der Waals surface area contributed by atoms with Gasteiger partial charge in [-0.25, -0.2) is 15.0 Å². The summed E-state index contributed by atoms with van der Waals surface area (Å²) in [4.78, 5) is 15.5. The van der Waals surface area contributed by atoms with Gasteiger partial charge in [-0.1, -0.05) is 158 Å². The summed E-state index contributed by atoms with van der Waals surface area (Å²) in [5.74, 6) is 1.78. The molecule has 2 heterocycles. The van der Waals surface area contributed by atoms with E-state index >= 15 is 0 Å². The number of hydrogen-bond donors (Lipinski definition) is 0. The van der Waals surface area contributed by atoms with E-state index in [4.69, 9.17) is 19.4 Å². The van der Waals surface area contributed by atoms with Crippen molar-refractivity contribution < 1.29 is 4.42 Å². The molecule has 0 aliphatic rings. The van der Waals surface area contributed by atoms with Crippen molar-refractivity contribution in [3.8, 4) is 67.5 Å². The van der Waals surface area contributed by atoms with E-state index in [-0.39, 0.29) is 0 Å². The van der Waals surface area contributed by atoms with Gasteiger partial charge in [-0.3, -0.25) is 0 Å². The Kier molecular flexibility index (Phi) is 8.13. The number of furan rings is 1. The van der Waals surface area contributed by atoms with Gasteiger partial charge in [-0.05, 0) is 120 Å². The van der Waals surface area contributed by atoms with E-state index in [0.29, 0.717) is 17.5 Å². The number of hydrogen-bond acceptors (Lipinski definition) is 4. The molecule has 4 nitrogen and oxygen atoms in total. The highest BCUT2D eigenvalue weighted by molar-refractivity contribution is 6.05. The van der Waals surface area contributed by atoms with Crippen LogP contribution >= 0.6 is 0 Å². The maximum Gasteiger partial charge on any atom is 0.164 e. The van der Waals surface area contributed by atoms with Gasteiger partial charge in [0.2, 0.25) is 0 Å². The van der Waals surface area contributed by atoms with E-state index in [0.717, 1.165) is 60.9 Å². The monoisotopic (exact) mass is 777 g/mol. The van der Waals surface area contributed by atoms with Gasteiger partial charge in [0.05, 0.1) is 0 Å². The van der Waals surface area contributed by atoms with Gasteiger partial charge < -0.3 is 4.42 Å². The van der Waals surface area contributed by atoms with Gasteiger partial charge in [0, 0.05) is 27.5 Å². The van der Waals surface area contributed by atoms with E-state index < -0.39 is 0 Å². The van der Waals surface area contributed by atoms with Crippen molar-refractivity contribution in [2.75, 3.05) is 0 Å². The predicted molar refractivity (Wildman–Crippen MR) is 252 cm³/mol. The Bertz CT molecular complexity index is 3680. The summed E-state index contributed by atoms with van der Waals surface area (Å²) in [5, 5.41) is 9.44. The molecular weight excluding hydrogens is 743 g/mol. The van der Waals surface area contributed by atoms with Gasteiger partial charge >= 0.3 is 0 Å². The minimum absolute atomic E-state index is 0.580. The summed E-state index contributed by atoms with van der Waals surface area (Å²) in [6.07, 6.45) is 0. The first-order valence-corrected chi connectivity index (χ1v) is 20.6. The Hall–Kier alpha value is -8.21. The zero-order chi connectivity index (χ0) is 40.3. The van der Waals surface area contributed by atoms with E-state index in [2.05, 4.69) is 188 Å². The maximum absolute atomic E-state index is 6.31. The SMILES string of the molecule is c1cc(-c2ccc3ccccc3c2)cc(-c2nc(-c3cccc(-c4ccc5cc(-c6ccc7ccccc7c6)ccc5c4)c3)nc(-c3ccc4c(c3)oc3ccccc34)n2)c1. The fourth-order valence-corrected chi connectivity index (χ4v) is 8.65. The molecule has 0 atom stereocenters. The molecule has 12 rings (SSSR count). The smallest absolute Gasteiger partial charge is 0.164 e. The Morgan fingerprint density at radius 2 is 0.590 bits per heavy atom. The van der Waals surface area contributed by atoms with Gasteiger partial charge in [0.25, 0.3) is 0 Å². The third-order valence-corrected chi connectivity index (χ3v) is 11.9. The molecule has 0 spiro atoms. The number of aromatic nitrogens is 3. The number of nitrogens with zero attached hydrogens (tertiary/aromatic N) is 3. The number of fused-ring (bicyclic) bond motifs is 6. The van der Waals surface area contributed by atoms with Crippen molar-refractivity contribution >= 4 is 54.3 Å². The van der Waals surface area contributed by atoms with Crippen molar-refractivity contribution in [1.82, 2.24) is 15.0 Å². The second kappa shape index (κ2) is 14.3. The Morgan fingerprint density at radius 1 is 0.230 bits per heavy atom. The number of benzene rings is 10. The van der Waals surface area contributed by atoms with E-state index in [1.807, 2.05) is 24.3 Å². The molecule has 10 aromatic carbocycles. The lowest BCUT2D eigenvalue weighted by Crippen LogP contribution is -2.00. The van der Waals surface area contributed by atoms with Crippen LogP contribution in [0.15, 0.2) is 217 Å². The van der Waals surface area contributed by atoms with Crippen LogP contribution in [0.1, 0.15) is 0 Å². The van der Waals surface area contributed by atoms with Crippen LogP contribution in [0.25, 0.3) is 122 Å². The average Bonchev–Trinajstić information content (AvgIpc) is 3.71. The average molecular weight is 778 g/mol. The van der Waals surface area contributed by atoms with Crippen LogP contribution in [0.2, 0.25) is 0 Å². The third-order valence-electron chi connectivity index (χ3n) is 11.9. The van der Waals surface area contributed by atoms with Crippen LogP contribution in [0.5, 0.6) is 0 Å². The lowest BCUT2D eigenvalue weighted by atomic mass is 9.96. The zero-order valence-corrected chi connectivity index (χ0v) is 33.0. The lowest BCUT2D eigenvalue weighted by Gasteiger charge is -2.11. The van der Waals surface area contributed by atoms with E-state index in [9.17, 15) is 0 Å². The highest BCUT2D eigenvalue weighted by Crippen LogP contribution is 2.35. The van der Waals surface area contributed by atoms with Crippen LogP contribution in [0.3, 0.4) is 0 Å². The Balaban J connectivity index is 0.944. The first kappa shape index (κ1) is 34.8. The summed E-state index contributed by atoms with van der Waals surface area (Å²) >= 11 is 0. The van der Waals surface area contributed by atoms with E-state index in [1.54, 1.807) is 0 Å². The van der Waals surface area contributed by atoms with Gasteiger partial charge in [-0.2, -0.15) is 0 Å². The quantitative estimate of drug-likeness (QED) is 0.169. The minimum atomic E-state index is 0.580. The van der Waals surface area contributed by atoms with Crippen molar-refractivity contribution in [3.05, 3.63) is 212 Å². The highest BCUT2D eigenvalue weighted by Gasteiger charge is 2.16. The van der Waals surface area contributed by atoms with Gasteiger partial charge in [-0.15, -0.1) is 0 Å². The standard InChI is InChI=1S/C57H35N3O/c1-3-11-38-29-42(21-19-36(38)9-1)40-13-7-15-48(33-40)55-58-56(60-57(59-55)50-27-28-52-51-17-5-6-18-53(51)61-54(52)35-50)49-16-8-14-41(34-49)43-23-24-47-32-46(26-25-45(47)31-43)44-22-20-37-10-2-4-12-39(37)30-44/h1-35H. The summed E-state index contributed by atoms with van der Waals surface area (Å²) in [6, 6.07) is 75.0. The van der Waals surface area contributed by atoms with Crippen LogP contribution in [0.4, 0.5) is 0 Å². The molecule has 0 N–H and O–H groups in total. The lowest BCUT2D eigenvalue weighted by molar-refractivity contribution is 0.669. The molecule has 2 aromatic heterocycles. The molecule has 0 aliphatic carbocycles. The van der Waals surface area contributed by atoms with Crippen molar-refractivity contribution in [2.24, 2.45) is 0 Å². The summed E-state index contributed by atoms with van der Waals surface area (Å²) in [5.41, 5.74) is 11.2. The van der Waals surface area contributed by atoms with Gasteiger partial charge in [0.1, 0.15) is 11.2 Å².